The van der Waals surface area contributed by atoms with E-state index in [-0.39, 0.29) is 11.9 Å². The molecule has 1 aliphatic rings. The summed E-state index contributed by atoms with van der Waals surface area (Å²) in [6.07, 6.45) is 3.45. The summed E-state index contributed by atoms with van der Waals surface area (Å²) in [7, 11) is 0. The van der Waals surface area contributed by atoms with Crippen molar-refractivity contribution in [1.82, 2.24) is 15.6 Å². The Morgan fingerprint density at radius 2 is 1.96 bits per heavy atom. The van der Waals surface area contributed by atoms with Gasteiger partial charge in [0.25, 0.3) is 0 Å². The summed E-state index contributed by atoms with van der Waals surface area (Å²) in [6, 6.07) is 7.47. The smallest absolute Gasteiger partial charge is 0.319 e. The third-order valence-electron chi connectivity index (χ3n) is 4.17. The number of rotatable bonds is 7. The number of benzene rings is 1. The average Bonchev–Trinajstić information content (AvgIpc) is 3.35. The van der Waals surface area contributed by atoms with Gasteiger partial charge in [-0.25, -0.2) is 9.78 Å². The molecule has 1 fully saturated rings. The van der Waals surface area contributed by atoms with E-state index in [4.69, 9.17) is 0 Å². The van der Waals surface area contributed by atoms with Gasteiger partial charge in [0.05, 0.1) is 23.7 Å². The van der Waals surface area contributed by atoms with E-state index in [1.165, 1.54) is 0 Å². The van der Waals surface area contributed by atoms with Crippen LogP contribution in [-0.4, -0.2) is 23.0 Å². The standard InChI is InChI=1S/C19H24N4O2S/c1-3-18-21-12(2)16(26-18)11-20-19(25)23-15-6-4-13(5-7-15)10-17(24)22-14-8-9-14/h4-7,14H,3,8-11H2,1-2H3,(H,22,24)(H2,20,23,25). The molecule has 3 rings (SSSR count). The SMILES string of the molecule is CCc1nc(C)c(CNC(=O)Nc2ccc(CC(=O)NC3CC3)cc2)s1. The first kappa shape index (κ1) is 18.4. The van der Waals surface area contributed by atoms with Crippen molar-refractivity contribution in [2.75, 3.05) is 5.32 Å². The molecule has 3 amide bonds. The Labute approximate surface area is 157 Å². The van der Waals surface area contributed by atoms with E-state index in [9.17, 15) is 9.59 Å². The summed E-state index contributed by atoms with van der Waals surface area (Å²) >= 11 is 1.63. The van der Waals surface area contributed by atoms with Crippen LogP contribution in [0, 0.1) is 6.92 Å². The predicted molar refractivity (Wildman–Crippen MR) is 103 cm³/mol. The van der Waals surface area contributed by atoms with E-state index < -0.39 is 0 Å². The predicted octanol–water partition coefficient (Wildman–Crippen LogP) is 3.16. The van der Waals surface area contributed by atoms with Crippen molar-refractivity contribution in [3.05, 3.63) is 45.4 Å². The minimum atomic E-state index is -0.255. The molecule has 1 aromatic carbocycles. The monoisotopic (exact) mass is 372 g/mol. The van der Waals surface area contributed by atoms with Gasteiger partial charge >= 0.3 is 6.03 Å². The third-order valence-corrected chi connectivity index (χ3v) is 5.47. The van der Waals surface area contributed by atoms with Crippen molar-refractivity contribution in [2.45, 2.75) is 52.1 Å². The second-order valence-electron chi connectivity index (χ2n) is 6.49. The van der Waals surface area contributed by atoms with Crippen LogP contribution in [0.1, 0.15) is 40.9 Å². The van der Waals surface area contributed by atoms with Gasteiger partial charge in [-0.2, -0.15) is 0 Å². The van der Waals surface area contributed by atoms with Gasteiger partial charge in [-0.3, -0.25) is 4.79 Å². The number of hydrogen-bond donors (Lipinski definition) is 3. The molecule has 2 aromatic rings. The average molecular weight is 372 g/mol. The highest BCUT2D eigenvalue weighted by molar-refractivity contribution is 7.11. The molecule has 0 radical (unpaired) electrons. The quantitative estimate of drug-likeness (QED) is 0.698. The number of aryl methyl sites for hydroxylation is 2. The lowest BCUT2D eigenvalue weighted by Gasteiger charge is -2.08. The van der Waals surface area contributed by atoms with Crippen LogP contribution in [-0.2, 0) is 24.2 Å². The highest BCUT2D eigenvalue weighted by Gasteiger charge is 2.23. The van der Waals surface area contributed by atoms with Crippen molar-refractivity contribution < 1.29 is 9.59 Å². The third kappa shape index (κ3) is 5.29. The van der Waals surface area contributed by atoms with E-state index in [0.29, 0.717) is 24.7 Å². The van der Waals surface area contributed by atoms with Crippen molar-refractivity contribution >= 4 is 29.0 Å². The van der Waals surface area contributed by atoms with Crippen LogP contribution in [0.25, 0.3) is 0 Å². The van der Waals surface area contributed by atoms with Gasteiger partial charge in [-0.1, -0.05) is 19.1 Å². The minimum Gasteiger partial charge on any atom is -0.353 e. The fourth-order valence-corrected chi connectivity index (χ4v) is 3.49. The molecule has 0 spiro atoms. The van der Waals surface area contributed by atoms with Gasteiger partial charge in [0, 0.05) is 16.6 Å². The first-order valence-corrected chi connectivity index (χ1v) is 9.73. The Bertz CT molecular complexity index is 781. The molecule has 138 valence electrons. The van der Waals surface area contributed by atoms with Gasteiger partial charge in [-0.15, -0.1) is 11.3 Å². The molecule has 1 aromatic heterocycles. The van der Waals surface area contributed by atoms with Crippen LogP contribution >= 0.6 is 11.3 Å². The van der Waals surface area contributed by atoms with Gasteiger partial charge < -0.3 is 16.0 Å². The zero-order valence-electron chi connectivity index (χ0n) is 15.1. The van der Waals surface area contributed by atoms with Crippen LogP contribution in [0.5, 0.6) is 0 Å². The largest absolute Gasteiger partial charge is 0.353 e. The summed E-state index contributed by atoms with van der Waals surface area (Å²) in [5.41, 5.74) is 2.60. The number of carbonyl (C=O) groups is 2. The van der Waals surface area contributed by atoms with Crippen LogP contribution in [0.2, 0.25) is 0 Å². The van der Waals surface area contributed by atoms with Crippen LogP contribution in [0.15, 0.2) is 24.3 Å². The molecule has 0 bridgehead atoms. The minimum absolute atomic E-state index is 0.0531. The van der Waals surface area contributed by atoms with Crippen LogP contribution < -0.4 is 16.0 Å². The van der Waals surface area contributed by atoms with Crippen molar-refractivity contribution in [2.24, 2.45) is 0 Å². The summed E-state index contributed by atoms with van der Waals surface area (Å²) < 4.78 is 0. The Kier molecular flexibility index (Phi) is 5.88. The highest BCUT2D eigenvalue weighted by atomic mass is 32.1. The van der Waals surface area contributed by atoms with Gasteiger partial charge in [0.15, 0.2) is 0 Å². The number of hydrogen-bond acceptors (Lipinski definition) is 4. The van der Waals surface area contributed by atoms with Gasteiger partial charge in [0.2, 0.25) is 5.91 Å². The Hall–Kier alpha value is -2.41. The topological polar surface area (TPSA) is 83.1 Å². The lowest BCUT2D eigenvalue weighted by Crippen LogP contribution is -2.28. The molecule has 26 heavy (non-hydrogen) atoms. The number of nitrogens with zero attached hydrogens (tertiary/aromatic N) is 1. The summed E-state index contributed by atoms with van der Waals surface area (Å²) in [4.78, 5) is 29.4. The van der Waals surface area contributed by atoms with Gasteiger partial charge in [-0.05, 0) is 43.9 Å². The second-order valence-corrected chi connectivity index (χ2v) is 7.66. The Morgan fingerprint density at radius 1 is 1.23 bits per heavy atom. The van der Waals surface area contributed by atoms with E-state index in [0.717, 1.165) is 40.4 Å². The molecular weight excluding hydrogens is 348 g/mol. The molecular formula is C19H24N4O2S. The first-order chi connectivity index (χ1) is 12.5. The first-order valence-electron chi connectivity index (χ1n) is 8.92. The molecule has 1 saturated carbocycles. The number of amides is 3. The number of carbonyl (C=O) groups excluding carboxylic acids is 2. The maximum absolute atomic E-state index is 12.1. The number of urea groups is 1. The maximum atomic E-state index is 12.1. The molecule has 1 aliphatic carbocycles. The van der Waals surface area contributed by atoms with Gasteiger partial charge in [0.1, 0.15) is 0 Å². The van der Waals surface area contributed by atoms with E-state index in [1.807, 2.05) is 31.2 Å². The summed E-state index contributed by atoms with van der Waals surface area (Å²) in [5.74, 6) is 0.0531. The molecule has 0 saturated heterocycles. The van der Waals surface area contributed by atoms with E-state index in [2.05, 4.69) is 27.9 Å². The number of anilines is 1. The summed E-state index contributed by atoms with van der Waals surface area (Å²) in [5, 5.41) is 9.72. The molecule has 0 unspecified atom stereocenters. The Balaban J connectivity index is 1.46. The number of nitrogens with one attached hydrogen (secondary N) is 3. The highest BCUT2D eigenvalue weighted by Crippen LogP contribution is 2.19. The van der Waals surface area contributed by atoms with Crippen molar-refractivity contribution in [1.29, 1.82) is 0 Å². The normalized spacial score (nSPS) is 13.3. The number of thiazole rings is 1. The molecule has 7 heteroatoms. The van der Waals surface area contributed by atoms with Crippen molar-refractivity contribution in [3.8, 4) is 0 Å². The van der Waals surface area contributed by atoms with Crippen molar-refractivity contribution in [3.63, 3.8) is 0 Å². The van der Waals surface area contributed by atoms with E-state index >= 15 is 0 Å². The lowest BCUT2D eigenvalue weighted by atomic mass is 10.1. The van der Waals surface area contributed by atoms with Crippen LogP contribution in [0.4, 0.5) is 10.5 Å². The zero-order valence-corrected chi connectivity index (χ0v) is 15.9. The van der Waals surface area contributed by atoms with E-state index in [1.54, 1.807) is 11.3 Å². The molecule has 1 heterocycles. The molecule has 3 N–H and O–H groups in total. The van der Waals surface area contributed by atoms with Crippen LogP contribution in [0.3, 0.4) is 0 Å². The second kappa shape index (κ2) is 8.31. The fraction of sp³-hybridized carbons (Fsp3) is 0.421. The maximum Gasteiger partial charge on any atom is 0.319 e. The molecule has 6 nitrogen and oxygen atoms in total. The zero-order chi connectivity index (χ0) is 18.5. The lowest BCUT2D eigenvalue weighted by molar-refractivity contribution is -0.120. The fourth-order valence-electron chi connectivity index (χ4n) is 2.54. The Morgan fingerprint density at radius 3 is 2.58 bits per heavy atom. The molecule has 0 aliphatic heterocycles. The molecule has 0 atom stereocenters. The summed E-state index contributed by atoms with van der Waals surface area (Å²) in [6.45, 7) is 4.50. The number of aromatic nitrogens is 1.